The van der Waals surface area contributed by atoms with E-state index in [9.17, 15) is 13.9 Å². The topological polar surface area (TPSA) is 54.2 Å². The van der Waals surface area contributed by atoms with Gasteiger partial charge in [-0.25, -0.2) is 13.5 Å². The Balaban J connectivity index is 1.73. The van der Waals surface area contributed by atoms with E-state index in [1.807, 2.05) is 30.3 Å². The number of aryl methyl sites for hydroxylation is 1. The summed E-state index contributed by atoms with van der Waals surface area (Å²) in [5.74, 6) is -1.36. The minimum absolute atomic E-state index is 0.196. The highest BCUT2D eigenvalue weighted by Crippen LogP contribution is 2.33. The quantitative estimate of drug-likeness (QED) is 0.794. The van der Waals surface area contributed by atoms with Gasteiger partial charge >= 0.3 is 0 Å². The SMILES string of the molecule is Oc1nnn(-c2ccccc2)c1CN1CCCc2cc(F)cc(F)c21. The van der Waals surface area contributed by atoms with Gasteiger partial charge in [0.25, 0.3) is 5.88 Å². The molecule has 0 unspecified atom stereocenters. The second-order valence-electron chi connectivity index (χ2n) is 6.03. The minimum atomic E-state index is -0.590. The molecule has 0 atom stereocenters. The van der Waals surface area contributed by atoms with E-state index in [-0.39, 0.29) is 12.4 Å². The fourth-order valence-corrected chi connectivity index (χ4v) is 3.28. The molecule has 4 rings (SSSR count). The third-order valence-electron chi connectivity index (χ3n) is 4.38. The molecule has 2 aromatic carbocycles. The predicted molar refractivity (Wildman–Crippen MR) is 88.8 cm³/mol. The van der Waals surface area contributed by atoms with Crippen molar-refractivity contribution in [2.75, 3.05) is 11.4 Å². The van der Waals surface area contributed by atoms with Gasteiger partial charge < -0.3 is 10.0 Å². The maximum atomic E-state index is 14.4. The Hall–Kier alpha value is -2.96. The second kappa shape index (κ2) is 6.16. The number of hydrogen-bond donors (Lipinski definition) is 1. The highest BCUT2D eigenvalue weighted by atomic mass is 19.1. The second-order valence-corrected chi connectivity index (χ2v) is 6.03. The lowest BCUT2D eigenvalue weighted by atomic mass is 10.0. The van der Waals surface area contributed by atoms with Gasteiger partial charge in [0.1, 0.15) is 17.3 Å². The maximum absolute atomic E-state index is 14.4. The van der Waals surface area contributed by atoms with E-state index in [2.05, 4.69) is 10.3 Å². The summed E-state index contributed by atoms with van der Waals surface area (Å²) in [6, 6.07) is 11.5. The molecule has 0 amide bonds. The Kier molecular flexibility index (Phi) is 3.83. The molecule has 0 fully saturated rings. The van der Waals surface area contributed by atoms with Crippen LogP contribution in [0.1, 0.15) is 17.7 Å². The summed E-state index contributed by atoms with van der Waals surface area (Å²) in [6.07, 6.45) is 1.41. The monoisotopic (exact) mass is 342 g/mol. The van der Waals surface area contributed by atoms with Crippen LogP contribution in [0.3, 0.4) is 0 Å². The summed E-state index contributed by atoms with van der Waals surface area (Å²) in [5, 5.41) is 17.8. The molecular formula is C18H16F2N4O. The molecule has 7 heteroatoms. The van der Waals surface area contributed by atoms with Gasteiger partial charge in [0.15, 0.2) is 0 Å². The van der Waals surface area contributed by atoms with E-state index in [0.717, 1.165) is 18.2 Å². The lowest BCUT2D eigenvalue weighted by Gasteiger charge is -2.31. The average Bonchev–Trinajstić information content (AvgIpc) is 2.96. The number of aromatic hydroxyl groups is 1. The molecule has 0 aliphatic carbocycles. The number of nitrogens with zero attached hydrogens (tertiary/aromatic N) is 4. The van der Waals surface area contributed by atoms with Crippen molar-refractivity contribution in [3.63, 3.8) is 0 Å². The van der Waals surface area contributed by atoms with Crippen molar-refractivity contribution < 1.29 is 13.9 Å². The zero-order chi connectivity index (χ0) is 17.4. The van der Waals surface area contributed by atoms with Crippen molar-refractivity contribution in [2.24, 2.45) is 0 Å². The van der Waals surface area contributed by atoms with Crippen LogP contribution in [0.5, 0.6) is 5.88 Å². The Morgan fingerprint density at radius 2 is 1.92 bits per heavy atom. The summed E-state index contributed by atoms with van der Waals surface area (Å²) in [6.45, 7) is 0.832. The first kappa shape index (κ1) is 15.6. The average molecular weight is 342 g/mol. The highest BCUT2D eigenvalue weighted by molar-refractivity contribution is 5.57. The first-order valence-corrected chi connectivity index (χ1v) is 8.05. The number of hydrogen-bond acceptors (Lipinski definition) is 4. The van der Waals surface area contributed by atoms with Gasteiger partial charge in [-0.15, -0.1) is 0 Å². The van der Waals surface area contributed by atoms with Crippen LogP contribution in [-0.2, 0) is 13.0 Å². The van der Waals surface area contributed by atoms with Gasteiger partial charge in [0.05, 0.1) is 17.9 Å². The molecule has 128 valence electrons. The Morgan fingerprint density at radius 1 is 1.12 bits per heavy atom. The Morgan fingerprint density at radius 3 is 2.72 bits per heavy atom. The number of anilines is 1. The summed E-state index contributed by atoms with van der Waals surface area (Å²) >= 11 is 0. The summed E-state index contributed by atoms with van der Waals surface area (Å²) in [5.41, 5.74) is 2.24. The molecular weight excluding hydrogens is 326 g/mol. The van der Waals surface area contributed by atoms with Crippen LogP contribution in [0.4, 0.5) is 14.5 Å². The van der Waals surface area contributed by atoms with Crippen molar-refractivity contribution in [3.05, 3.63) is 65.4 Å². The van der Waals surface area contributed by atoms with Crippen molar-refractivity contribution in [1.29, 1.82) is 0 Å². The molecule has 1 aromatic heterocycles. The number of halogens is 2. The number of rotatable bonds is 3. The normalized spacial score (nSPS) is 13.8. The van der Waals surface area contributed by atoms with Crippen molar-refractivity contribution in [2.45, 2.75) is 19.4 Å². The van der Waals surface area contributed by atoms with E-state index in [0.29, 0.717) is 29.9 Å². The zero-order valence-electron chi connectivity index (χ0n) is 13.4. The zero-order valence-corrected chi connectivity index (χ0v) is 13.4. The Bertz CT molecular complexity index is 911. The van der Waals surface area contributed by atoms with Crippen molar-refractivity contribution >= 4 is 5.69 Å². The molecule has 1 aliphatic rings. The summed E-state index contributed by atoms with van der Waals surface area (Å²) < 4.78 is 29.4. The highest BCUT2D eigenvalue weighted by Gasteiger charge is 2.25. The van der Waals surface area contributed by atoms with E-state index in [4.69, 9.17) is 0 Å². The molecule has 2 heterocycles. The number of benzene rings is 2. The minimum Gasteiger partial charge on any atom is -0.491 e. The molecule has 0 bridgehead atoms. The number of para-hydroxylation sites is 1. The number of fused-ring (bicyclic) bond motifs is 1. The first-order chi connectivity index (χ1) is 12.1. The van der Waals surface area contributed by atoms with E-state index < -0.39 is 11.6 Å². The van der Waals surface area contributed by atoms with Gasteiger partial charge in [-0.05, 0) is 36.6 Å². The van der Waals surface area contributed by atoms with Crippen molar-refractivity contribution in [1.82, 2.24) is 15.0 Å². The van der Waals surface area contributed by atoms with Gasteiger partial charge in [0, 0.05) is 12.6 Å². The van der Waals surface area contributed by atoms with Gasteiger partial charge in [-0.1, -0.05) is 28.5 Å². The van der Waals surface area contributed by atoms with Gasteiger partial charge in [-0.3, -0.25) is 0 Å². The first-order valence-electron chi connectivity index (χ1n) is 8.05. The van der Waals surface area contributed by atoms with Gasteiger partial charge in [-0.2, -0.15) is 0 Å². The van der Waals surface area contributed by atoms with Crippen LogP contribution in [0.15, 0.2) is 42.5 Å². The van der Waals surface area contributed by atoms with E-state index in [1.54, 1.807) is 4.90 Å². The van der Waals surface area contributed by atoms with Crippen LogP contribution in [-0.4, -0.2) is 26.6 Å². The lowest BCUT2D eigenvalue weighted by Crippen LogP contribution is -2.31. The molecule has 25 heavy (non-hydrogen) atoms. The molecule has 5 nitrogen and oxygen atoms in total. The fraction of sp³-hybridized carbons (Fsp3) is 0.222. The summed E-state index contributed by atoms with van der Waals surface area (Å²) in [7, 11) is 0. The summed E-state index contributed by atoms with van der Waals surface area (Å²) in [4.78, 5) is 1.80. The third kappa shape index (κ3) is 2.82. The standard InChI is InChI=1S/C18H16F2N4O/c19-13-9-12-5-4-8-23(17(12)15(20)10-13)11-16-18(25)21-22-24(16)14-6-2-1-3-7-14/h1-3,6-7,9-10,25H,4-5,8,11H2. The smallest absolute Gasteiger partial charge is 0.256 e. The third-order valence-corrected chi connectivity index (χ3v) is 4.38. The lowest BCUT2D eigenvalue weighted by molar-refractivity contribution is 0.444. The van der Waals surface area contributed by atoms with Gasteiger partial charge in [0.2, 0.25) is 0 Å². The maximum Gasteiger partial charge on any atom is 0.256 e. The van der Waals surface area contributed by atoms with E-state index >= 15 is 0 Å². The molecule has 0 saturated heterocycles. The molecule has 0 saturated carbocycles. The molecule has 1 N–H and O–H groups in total. The van der Waals surface area contributed by atoms with Crippen molar-refractivity contribution in [3.8, 4) is 11.6 Å². The molecule has 0 radical (unpaired) electrons. The van der Waals surface area contributed by atoms with Crippen LogP contribution >= 0.6 is 0 Å². The molecule has 1 aliphatic heterocycles. The fourth-order valence-electron chi connectivity index (χ4n) is 3.28. The predicted octanol–water partition coefficient (Wildman–Crippen LogP) is 3.20. The van der Waals surface area contributed by atoms with Crippen LogP contribution in [0, 0.1) is 11.6 Å². The van der Waals surface area contributed by atoms with E-state index in [1.165, 1.54) is 10.7 Å². The van der Waals surface area contributed by atoms with Crippen LogP contribution in [0.25, 0.3) is 5.69 Å². The Labute approximate surface area is 143 Å². The molecule has 0 spiro atoms. The van der Waals surface area contributed by atoms with Crippen LogP contribution in [0.2, 0.25) is 0 Å². The molecule has 3 aromatic rings. The van der Waals surface area contributed by atoms with Crippen LogP contribution < -0.4 is 4.90 Å². The number of aromatic nitrogens is 3. The largest absolute Gasteiger partial charge is 0.491 e.